The van der Waals surface area contributed by atoms with Crippen molar-refractivity contribution >= 4 is 29.1 Å². The van der Waals surface area contributed by atoms with Gasteiger partial charge in [-0.2, -0.15) is 0 Å². The second-order valence-corrected chi connectivity index (χ2v) is 6.47. The minimum Gasteiger partial charge on any atom is -0.375 e. The van der Waals surface area contributed by atoms with Gasteiger partial charge >= 0.3 is 0 Å². The Morgan fingerprint density at radius 2 is 2.04 bits per heavy atom. The van der Waals surface area contributed by atoms with Crippen LogP contribution in [0.4, 0.5) is 10.1 Å². The number of ether oxygens (including phenoxy) is 1. The monoisotopic (exact) mass is 376 g/mol. The van der Waals surface area contributed by atoms with Crippen LogP contribution in [0.3, 0.4) is 0 Å². The SMILES string of the molecule is CC1CN(C(=O)c2cccc(NC(=O)c3c(F)cccc3Cl)c2)CCO1. The second-order valence-electron chi connectivity index (χ2n) is 6.06. The van der Waals surface area contributed by atoms with Crippen LogP contribution in [0.5, 0.6) is 0 Å². The highest BCUT2D eigenvalue weighted by atomic mass is 35.5. The first-order chi connectivity index (χ1) is 12.5. The van der Waals surface area contributed by atoms with E-state index in [2.05, 4.69) is 5.32 Å². The predicted octanol–water partition coefficient (Wildman–Crippen LogP) is 3.59. The van der Waals surface area contributed by atoms with Crippen molar-refractivity contribution in [3.8, 4) is 0 Å². The van der Waals surface area contributed by atoms with Crippen molar-refractivity contribution in [2.45, 2.75) is 13.0 Å². The van der Waals surface area contributed by atoms with E-state index in [1.165, 1.54) is 18.2 Å². The van der Waals surface area contributed by atoms with E-state index in [1.54, 1.807) is 29.2 Å². The molecule has 2 amide bonds. The lowest BCUT2D eigenvalue weighted by Crippen LogP contribution is -2.44. The van der Waals surface area contributed by atoms with Gasteiger partial charge in [-0.15, -0.1) is 0 Å². The molecule has 0 aromatic heterocycles. The standard InChI is InChI=1S/C19H18ClFN2O3/c1-12-11-23(8-9-26-12)19(25)13-4-2-5-14(10-13)22-18(24)17-15(20)6-3-7-16(17)21/h2-7,10,12H,8-9,11H2,1H3,(H,22,24). The summed E-state index contributed by atoms with van der Waals surface area (Å²) >= 11 is 5.91. The third-order valence-electron chi connectivity index (χ3n) is 4.09. The van der Waals surface area contributed by atoms with Gasteiger partial charge in [0.1, 0.15) is 5.82 Å². The molecule has 0 radical (unpaired) electrons. The molecular formula is C19H18ClFN2O3. The van der Waals surface area contributed by atoms with Crippen molar-refractivity contribution in [1.29, 1.82) is 0 Å². The number of hydrogen-bond donors (Lipinski definition) is 1. The number of morpholine rings is 1. The Kier molecular flexibility index (Phi) is 5.54. The van der Waals surface area contributed by atoms with Gasteiger partial charge in [0.25, 0.3) is 11.8 Å². The van der Waals surface area contributed by atoms with E-state index >= 15 is 0 Å². The number of nitrogens with zero attached hydrogens (tertiary/aromatic N) is 1. The molecule has 1 aliphatic rings. The Morgan fingerprint density at radius 1 is 1.27 bits per heavy atom. The quantitative estimate of drug-likeness (QED) is 0.890. The maximum Gasteiger partial charge on any atom is 0.260 e. The third-order valence-corrected chi connectivity index (χ3v) is 4.40. The van der Waals surface area contributed by atoms with Crippen molar-refractivity contribution in [3.63, 3.8) is 0 Å². The molecule has 2 aromatic carbocycles. The van der Waals surface area contributed by atoms with Crippen LogP contribution in [0.25, 0.3) is 0 Å². The van der Waals surface area contributed by atoms with Gasteiger partial charge in [-0.05, 0) is 37.3 Å². The van der Waals surface area contributed by atoms with Crippen LogP contribution < -0.4 is 5.32 Å². The zero-order valence-corrected chi connectivity index (χ0v) is 14.9. The summed E-state index contributed by atoms with van der Waals surface area (Å²) in [7, 11) is 0. The second kappa shape index (κ2) is 7.85. The molecule has 0 saturated carbocycles. The number of benzene rings is 2. The summed E-state index contributed by atoms with van der Waals surface area (Å²) in [6.45, 7) is 3.44. The van der Waals surface area contributed by atoms with Crippen LogP contribution >= 0.6 is 11.6 Å². The molecule has 5 nitrogen and oxygen atoms in total. The molecule has 1 heterocycles. The van der Waals surface area contributed by atoms with Crippen LogP contribution in [-0.2, 0) is 4.74 Å². The molecule has 0 aliphatic carbocycles. The average Bonchev–Trinajstić information content (AvgIpc) is 2.61. The topological polar surface area (TPSA) is 58.6 Å². The molecule has 1 atom stereocenters. The van der Waals surface area contributed by atoms with Gasteiger partial charge in [0.2, 0.25) is 0 Å². The smallest absolute Gasteiger partial charge is 0.260 e. The van der Waals surface area contributed by atoms with E-state index < -0.39 is 11.7 Å². The van der Waals surface area contributed by atoms with Gasteiger partial charge in [0, 0.05) is 24.3 Å². The first kappa shape index (κ1) is 18.4. The Labute approximate surface area is 155 Å². The van der Waals surface area contributed by atoms with Crippen LogP contribution in [0.15, 0.2) is 42.5 Å². The van der Waals surface area contributed by atoms with Crippen molar-refractivity contribution in [2.75, 3.05) is 25.0 Å². The minimum absolute atomic E-state index is 0.0150. The lowest BCUT2D eigenvalue weighted by molar-refractivity contribution is -0.0124. The normalized spacial score (nSPS) is 17.0. The molecule has 0 bridgehead atoms. The molecule has 1 N–H and O–H groups in total. The largest absolute Gasteiger partial charge is 0.375 e. The molecule has 136 valence electrons. The first-order valence-corrected chi connectivity index (χ1v) is 8.60. The molecule has 3 rings (SSSR count). The summed E-state index contributed by atoms with van der Waals surface area (Å²) in [5.74, 6) is -1.51. The van der Waals surface area contributed by atoms with E-state index in [0.717, 1.165) is 0 Å². The molecule has 0 spiro atoms. The summed E-state index contributed by atoms with van der Waals surface area (Å²) in [4.78, 5) is 26.7. The molecule has 1 fully saturated rings. The van der Waals surface area contributed by atoms with Crippen molar-refractivity contribution in [1.82, 2.24) is 4.90 Å². The Hall–Kier alpha value is -2.44. The van der Waals surface area contributed by atoms with Crippen LogP contribution in [-0.4, -0.2) is 42.5 Å². The highest BCUT2D eigenvalue weighted by Crippen LogP contribution is 2.21. The summed E-state index contributed by atoms with van der Waals surface area (Å²) in [5.41, 5.74) is 0.603. The van der Waals surface area contributed by atoms with E-state index in [4.69, 9.17) is 16.3 Å². The molecule has 26 heavy (non-hydrogen) atoms. The van der Waals surface area contributed by atoms with E-state index in [1.807, 2.05) is 6.92 Å². The van der Waals surface area contributed by atoms with Crippen molar-refractivity contribution in [3.05, 3.63) is 64.4 Å². The van der Waals surface area contributed by atoms with Crippen LogP contribution in [0.2, 0.25) is 5.02 Å². The van der Waals surface area contributed by atoms with Crippen LogP contribution in [0, 0.1) is 5.82 Å². The van der Waals surface area contributed by atoms with Gasteiger partial charge in [-0.1, -0.05) is 23.7 Å². The fraction of sp³-hybridized carbons (Fsp3) is 0.263. The number of rotatable bonds is 3. The minimum atomic E-state index is -0.704. The first-order valence-electron chi connectivity index (χ1n) is 8.22. The molecule has 1 aliphatic heterocycles. The average molecular weight is 377 g/mol. The summed E-state index contributed by atoms with van der Waals surface area (Å²) in [6.07, 6.45) is -0.0150. The maximum atomic E-state index is 13.9. The number of carbonyl (C=O) groups is 2. The van der Waals surface area contributed by atoms with Gasteiger partial charge in [-0.25, -0.2) is 4.39 Å². The summed E-state index contributed by atoms with van der Waals surface area (Å²) < 4.78 is 19.3. The number of carbonyl (C=O) groups excluding carboxylic acids is 2. The number of anilines is 1. The van der Waals surface area contributed by atoms with E-state index in [-0.39, 0.29) is 22.6 Å². The zero-order chi connectivity index (χ0) is 18.7. The Morgan fingerprint density at radius 3 is 2.77 bits per heavy atom. The van der Waals surface area contributed by atoms with Gasteiger partial charge in [0.05, 0.1) is 23.3 Å². The van der Waals surface area contributed by atoms with E-state index in [0.29, 0.717) is 30.9 Å². The highest BCUT2D eigenvalue weighted by Gasteiger charge is 2.23. The Bertz CT molecular complexity index is 823. The lowest BCUT2D eigenvalue weighted by atomic mass is 10.1. The Balaban J connectivity index is 1.77. The maximum absolute atomic E-state index is 13.9. The zero-order valence-electron chi connectivity index (χ0n) is 14.2. The fourth-order valence-corrected chi connectivity index (χ4v) is 3.07. The number of amides is 2. The van der Waals surface area contributed by atoms with Gasteiger partial charge in [0.15, 0.2) is 0 Å². The van der Waals surface area contributed by atoms with Crippen molar-refractivity contribution in [2.24, 2.45) is 0 Å². The van der Waals surface area contributed by atoms with E-state index in [9.17, 15) is 14.0 Å². The fourth-order valence-electron chi connectivity index (χ4n) is 2.82. The van der Waals surface area contributed by atoms with Gasteiger partial charge < -0.3 is 15.0 Å². The highest BCUT2D eigenvalue weighted by molar-refractivity contribution is 6.34. The molecule has 2 aromatic rings. The van der Waals surface area contributed by atoms with Crippen molar-refractivity contribution < 1.29 is 18.7 Å². The molecule has 1 unspecified atom stereocenters. The third kappa shape index (κ3) is 4.03. The number of halogens is 2. The van der Waals surface area contributed by atoms with Crippen LogP contribution in [0.1, 0.15) is 27.6 Å². The summed E-state index contributed by atoms with van der Waals surface area (Å²) in [6, 6.07) is 10.6. The summed E-state index contributed by atoms with van der Waals surface area (Å²) in [5, 5.41) is 2.61. The van der Waals surface area contributed by atoms with Gasteiger partial charge in [-0.3, -0.25) is 9.59 Å². The number of hydrogen-bond acceptors (Lipinski definition) is 3. The molecule has 1 saturated heterocycles. The molecular weight excluding hydrogens is 359 g/mol. The number of nitrogens with one attached hydrogen (secondary N) is 1. The lowest BCUT2D eigenvalue weighted by Gasteiger charge is -2.31. The molecule has 7 heteroatoms. The predicted molar refractivity (Wildman–Crippen MR) is 97.1 cm³/mol.